The summed E-state index contributed by atoms with van der Waals surface area (Å²) < 4.78 is 11.5. The number of carbonyl (C=O) groups is 1. The van der Waals surface area contributed by atoms with Crippen LogP contribution in [0.5, 0.6) is 11.6 Å². The zero-order chi connectivity index (χ0) is 19.1. The monoisotopic (exact) mass is 368 g/mol. The second-order valence-electron chi connectivity index (χ2n) is 7.32. The van der Waals surface area contributed by atoms with Crippen LogP contribution in [0.3, 0.4) is 0 Å². The summed E-state index contributed by atoms with van der Waals surface area (Å²) in [7, 11) is 0. The molecule has 5 heteroatoms. The third-order valence-electron chi connectivity index (χ3n) is 4.80. The fraction of sp³-hybridized carbons (Fsp3) is 0.455. The van der Waals surface area contributed by atoms with Gasteiger partial charge >= 0.3 is 0 Å². The molecule has 1 aliphatic carbocycles. The Labute approximate surface area is 161 Å². The van der Waals surface area contributed by atoms with Crippen molar-refractivity contribution in [3.05, 3.63) is 53.7 Å². The first-order valence-corrected chi connectivity index (χ1v) is 9.71. The average molecular weight is 368 g/mol. The molecule has 2 aromatic rings. The minimum atomic E-state index is -0.155. The molecule has 0 spiro atoms. The third-order valence-corrected chi connectivity index (χ3v) is 4.80. The summed E-state index contributed by atoms with van der Waals surface area (Å²) in [6.07, 6.45) is 6.63. The number of nitrogens with one attached hydrogen (secondary N) is 1. The zero-order valence-electron chi connectivity index (χ0n) is 16.1. The Morgan fingerprint density at radius 1 is 1.19 bits per heavy atom. The van der Waals surface area contributed by atoms with Crippen molar-refractivity contribution < 1.29 is 14.3 Å². The quantitative estimate of drug-likeness (QED) is 0.758. The number of ether oxygens (including phenoxy) is 2. The molecule has 0 saturated heterocycles. The molecule has 1 aromatic heterocycles. The molecule has 1 amide bonds. The van der Waals surface area contributed by atoms with Crippen molar-refractivity contribution in [2.75, 3.05) is 6.61 Å². The van der Waals surface area contributed by atoms with Crippen LogP contribution in [-0.2, 0) is 11.3 Å². The molecule has 3 rings (SSSR count). The van der Waals surface area contributed by atoms with Gasteiger partial charge in [-0.15, -0.1) is 0 Å². The van der Waals surface area contributed by atoms with Gasteiger partial charge in [-0.2, -0.15) is 0 Å². The van der Waals surface area contributed by atoms with Crippen molar-refractivity contribution in [2.24, 2.45) is 0 Å². The van der Waals surface area contributed by atoms with E-state index in [0.29, 0.717) is 24.1 Å². The average Bonchev–Trinajstić information content (AvgIpc) is 3.18. The molecule has 1 aromatic carbocycles. The Kier molecular flexibility index (Phi) is 6.69. The number of amides is 1. The zero-order valence-corrected chi connectivity index (χ0v) is 16.1. The van der Waals surface area contributed by atoms with Crippen molar-refractivity contribution >= 4 is 5.91 Å². The molecule has 1 heterocycles. The predicted octanol–water partition coefficient (Wildman–Crippen LogP) is 4.22. The van der Waals surface area contributed by atoms with Gasteiger partial charge in [-0.05, 0) is 60.9 Å². The number of nitrogens with zero attached hydrogens (tertiary/aromatic N) is 1. The largest absolute Gasteiger partial charge is 0.484 e. The van der Waals surface area contributed by atoms with Crippen LogP contribution in [0.2, 0.25) is 0 Å². The van der Waals surface area contributed by atoms with Crippen LogP contribution in [0, 0.1) is 0 Å². The molecule has 27 heavy (non-hydrogen) atoms. The molecule has 1 saturated carbocycles. The number of carbonyl (C=O) groups excluding carboxylic acids is 1. The van der Waals surface area contributed by atoms with Crippen LogP contribution in [0.1, 0.15) is 56.6 Å². The van der Waals surface area contributed by atoms with Gasteiger partial charge in [-0.1, -0.05) is 26.0 Å². The molecule has 5 nitrogen and oxygen atoms in total. The smallest absolute Gasteiger partial charge is 0.258 e. The lowest BCUT2D eigenvalue weighted by atomic mass is 10.0. The minimum Gasteiger partial charge on any atom is -0.484 e. The summed E-state index contributed by atoms with van der Waals surface area (Å²) in [4.78, 5) is 16.3. The molecule has 1 aliphatic rings. The maximum absolute atomic E-state index is 12.0. The lowest BCUT2D eigenvalue weighted by Gasteiger charge is -2.13. The molecule has 0 bridgehead atoms. The van der Waals surface area contributed by atoms with Gasteiger partial charge in [0.1, 0.15) is 11.9 Å². The number of hydrogen-bond donors (Lipinski definition) is 1. The van der Waals surface area contributed by atoms with E-state index in [4.69, 9.17) is 9.47 Å². The van der Waals surface area contributed by atoms with Gasteiger partial charge in [0.15, 0.2) is 6.61 Å². The normalized spacial score (nSPS) is 14.3. The second kappa shape index (κ2) is 9.40. The van der Waals surface area contributed by atoms with E-state index in [-0.39, 0.29) is 18.6 Å². The molecule has 144 valence electrons. The molecule has 1 fully saturated rings. The SMILES string of the molecule is CC(C)c1ccc(OCC(=O)NCc2ccnc(OC3CCCC3)c2)cc1. The Morgan fingerprint density at radius 3 is 2.63 bits per heavy atom. The molecule has 0 radical (unpaired) electrons. The van der Waals surface area contributed by atoms with Gasteiger partial charge in [0.2, 0.25) is 5.88 Å². The van der Waals surface area contributed by atoms with Crippen LogP contribution >= 0.6 is 0 Å². The Bertz CT molecular complexity index is 737. The van der Waals surface area contributed by atoms with Crippen molar-refractivity contribution in [3.8, 4) is 11.6 Å². The lowest BCUT2D eigenvalue weighted by molar-refractivity contribution is -0.123. The predicted molar refractivity (Wildman–Crippen MR) is 105 cm³/mol. The summed E-state index contributed by atoms with van der Waals surface area (Å²) in [5.74, 6) is 1.66. The molecule has 1 N–H and O–H groups in total. The maximum atomic E-state index is 12.0. The number of aromatic nitrogens is 1. The van der Waals surface area contributed by atoms with Crippen molar-refractivity contribution in [1.82, 2.24) is 10.3 Å². The summed E-state index contributed by atoms with van der Waals surface area (Å²) in [6.45, 7) is 4.72. The molecule has 0 unspecified atom stereocenters. The van der Waals surface area contributed by atoms with E-state index in [1.165, 1.54) is 18.4 Å². The van der Waals surface area contributed by atoms with Gasteiger partial charge in [-0.25, -0.2) is 4.98 Å². The first-order chi connectivity index (χ1) is 13.1. The summed E-state index contributed by atoms with van der Waals surface area (Å²) in [6, 6.07) is 11.6. The molecular formula is C22H28N2O3. The minimum absolute atomic E-state index is 0.00244. The van der Waals surface area contributed by atoms with Gasteiger partial charge in [0.25, 0.3) is 5.91 Å². The highest BCUT2D eigenvalue weighted by molar-refractivity contribution is 5.77. The van der Waals surface area contributed by atoms with Crippen LogP contribution < -0.4 is 14.8 Å². The van der Waals surface area contributed by atoms with E-state index in [9.17, 15) is 4.79 Å². The summed E-state index contributed by atoms with van der Waals surface area (Å²) in [5, 5.41) is 2.87. The van der Waals surface area contributed by atoms with Crippen LogP contribution in [0.15, 0.2) is 42.6 Å². The first kappa shape index (κ1) is 19.2. The fourth-order valence-corrected chi connectivity index (χ4v) is 3.15. The third kappa shape index (κ3) is 5.98. The van der Waals surface area contributed by atoms with Crippen LogP contribution in [-0.4, -0.2) is 23.6 Å². The number of pyridine rings is 1. The van der Waals surface area contributed by atoms with Crippen molar-refractivity contribution in [3.63, 3.8) is 0 Å². The summed E-state index contributed by atoms with van der Waals surface area (Å²) >= 11 is 0. The number of benzene rings is 1. The Balaban J connectivity index is 1.43. The lowest BCUT2D eigenvalue weighted by Crippen LogP contribution is -2.28. The number of rotatable bonds is 8. The summed E-state index contributed by atoms with van der Waals surface area (Å²) in [5.41, 5.74) is 2.22. The first-order valence-electron chi connectivity index (χ1n) is 9.71. The Hall–Kier alpha value is -2.56. The van der Waals surface area contributed by atoms with E-state index in [1.54, 1.807) is 6.20 Å². The van der Waals surface area contributed by atoms with E-state index in [1.807, 2.05) is 36.4 Å². The molecular weight excluding hydrogens is 340 g/mol. The highest BCUT2D eigenvalue weighted by Crippen LogP contribution is 2.23. The van der Waals surface area contributed by atoms with E-state index in [0.717, 1.165) is 18.4 Å². The highest BCUT2D eigenvalue weighted by atomic mass is 16.5. The highest BCUT2D eigenvalue weighted by Gasteiger charge is 2.17. The van der Waals surface area contributed by atoms with Crippen molar-refractivity contribution in [2.45, 2.75) is 58.1 Å². The van der Waals surface area contributed by atoms with E-state index >= 15 is 0 Å². The standard InChI is InChI=1S/C22H28N2O3/c1-16(2)18-7-9-19(10-8-18)26-15-21(25)24-14-17-11-12-23-22(13-17)27-20-5-3-4-6-20/h7-13,16,20H,3-6,14-15H2,1-2H3,(H,24,25). The van der Waals surface area contributed by atoms with E-state index < -0.39 is 0 Å². The van der Waals surface area contributed by atoms with Gasteiger partial charge in [-0.3, -0.25) is 4.79 Å². The Morgan fingerprint density at radius 2 is 1.93 bits per heavy atom. The number of hydrogen-bond acceptors (Lipinski definition) is 4. The van der Waals surface area contributed by atoms with Gasteiger partial charge in [0, 0.05) is 18.8 Å². The second-order valence-corrected chi connectivity index (χ2v) is 7.32. The molecule has 0 aliphatic heterocycles. The molecule has 0 atom stereocenters. The van der Waals surface area contributed by atoms with Crippen LogP contribution in [0.4, 0.5) is 0 Å². The topological polar surface area (TPSA) is 60.5 Å². The van der Waals surface area contributed by atoms with Gasteiger partial charge in [0.05, 0.1) is 0 Å². The van der Waals surface area contributed by atoms with E-state index in [2.05, 4.69) is 24.1 Å². The fourth-order valence-electron chi connectivity index (χ4n) is 3.15. The van der Waals surface area contributed by atoms with Crippen molar-refractivity contribution in [1.29, 1.82) is 0 Å². The van der Waals surface area contributed by atoms with Crippen LogP contribution in [0.25, 0.3) is 0 Å². The maximum Gasteiger partial charge on any atom is 0.258 e. The van der Waals surface area contributed by atoms with Gasteiger partial charge < -0.3 is 14.8 Å².